The van der Waals surface area contributed by atoms with Crippen molar-refractivity contribution < 1.29 is 19.4 Å². The van der Waals surface area contributed by atoms with Crippen molar-refractivity contribution in [2.75, 3.05) is 19.7 Å². The van der Waals surface area contributed by atoms with Gasteiger partial charge < -0.3 is 20.1 Å². The molecule has 0 aromatic rings. The second-order valence-electron chi connectivity index (χ2n) is 6.83. The molecule has 4 atom stereocenters. The predicted octanol–water partition coefficient (Wildman–Crippen LogP) is 1.55. The summed E-state index contributed by atoms with van der Waals surface area (Å²) in [6.45, 7) is 9.51. The largest absolute Gasteiger partial charge is 0.481 e. The summed E-state index contributed by atoms with van der Waals surface area (Å²) < 4.78 is 5.65. The molecule has 2 N–H and O–H groups in total. The summed E-state index contributed by atoms with van der Waals surface area (Å²) >= 11 is 0. The van der Waals surface area contributed by atoms with E-state index >= 15 is 0 Å². The molecule has 0 radical (unpaired) electrons. The number of carbonyl (C=O) groups excluding carboxylic acids is 1. The first-order valence-electron chi connectivity index (χ1n) is 7.67. The SMILES string of the molecule is CCOC1CC(NC(=O)N2CC(C)C(C(=O)O)C2)C1(C)C. The molecule has 6 heteroatoms. The number of nitrogens with one attached hydrogen (secondary N) is 1. The minimum Gasteiger partial charge on any atom is -0.481 e. The van der Waals surface area contributed by atoms with Gasteiger partial charge in [-0.15, -0.1) is 0 Å². The number of hydrogen-bond donors (Lipinski definition) is 2. The Balaban J connectivity index is 1.88. The van der Waals surface area contributed by atoms with Gasteiger partial charge in [0.1, 0.15) is 0 Å². The van der Waals surface area contributed by atoms with Crippen LogP contribution in [-0.4, -0.2) is 53.8 Å². The van der Waals surface area contributed by atoms with Crippen LogP contribution in [0.5, 0.6) is 0 Å². The van der Waals surface area contributed by atoms with Crippen molar-refractivity contribution in [2.24, 2.45) is 17.3 Å². The molecule has 1 aliphatic heterocycles. The minimum atomic E-state index is -0.821. The molecule has 0 aromatic heterocycles. The van der Waals surface area contributed by atoms with Crippen molar-refractivity contribution >= 4 is 12.0 Å². The predicted molar refractivity (Wildman–Crippen MR) is 78.0 cm³/mol. The van der Waals surface area contributed by atoms with Crippen LogP contribution in [0.25, 0.3) is 0 Å². The number of aliphatic carboxylic acids is 1. The molecule has 1 saturated heterocycles. The Bertz CT molecular complexity index is 424. The van der Waals surface area contributed by atoms with Crippen molar-refractivity contribution in [1.82, 2.24) is 10.2 Å². The number of likely N-dealkylation sites (tertiary alicyclic amines) is 1. The Morgan fingerprint density at radius 1 is 1.38 bits per heavy atom. The van der Waals surface area contributed by atoms with Gasteiger partial charge >= 0.3 is 12.0 Å². The van der Waals surface area contributed by atoms with Gasteiger partial charge in [0, 0.05) is 31.2 Å². The Morgan fingerprint density at radius 3 is 2.52 bits per heavy atom. The summed E-state index contributed by atoms with van der Waals surface area (Å²) in [5.74, 6) is -1.28. The first-order chi connectivity index (χ1) is 9.77. The van der Waals surface area contributed by atoms with Crippen molar-refractivity contribution in [3.63, 3.8) is 0 Å². The van der Waals surface area contributed by atoms with E-state index in [0.717, 1.165) is 6.42 Å². The highest BCUT2D eigenvalue weighted by Gasteiger charge is 2.50. The van der Waals surface area contributed by atoms with Crippen LogP contribution in [0.15, 0.2) is 0 Å². The van der Waals surface area contributed by atoms with Crippen LogP contribution in [0, 0.1) is 17.3 Å². The molecule has 2 aliphatic rings. The second kappa shape index (κ2) is 5.83. The number of amides is 2. The number of rotatable bonds is 4. The van der Waals surface area contributed by atoms with Crippen LogP contribution in [0.4, 0.5) is 4.79 Å². The Kier molecular flexibility index (Phi) is 4.46. The van der Waals surface area contributed by atoms with E-state index in [2.05, 4.69) is 19.2 Å². The fraction of sp³-hybridized carbons (Fsp3) is 0.867. The van der Waals surface area contributed by atoms with Gasteiger partial charge in [-0.3, -0.25) is 4.79 Å². The lowest BCUT2D eigenvalue weighted by Gasteiger charge is -2.51. The normalized spacial score (nSPS) is 34.4. The molecule has 4 unspecified atom stereocenters. The summed E-state index contributed by atoms with van der Waals surface area (Å²) in [5.41, 5.74) is -0.0801. The highest BCUT2D eigenvalue weighted by Crippen LogP contribution is 2.42. The average molecular weight is 298 g/mol. The van der Waals surface area contributed by atoms with E-state index in [1.165, 1.54) is 0 Å². The van der Waals surface area contributed by atoms with Crippen LogP contribution in [0.2, 0.25) is 0 Å². The molecule has 1 saturated carbocycles. The first-order valence-corrected chi connectivity index (χ1v) is 7.67. The number of nitrogens with zero attached hydrogens (tertiary/aromatic N) is 1. The van der Waals surface area contributed by atoms with Crippen LogP contribution >= 0.6 is 0 Å². The van der Waals surface area contributed by atoms with E-state index in [9.17, 15) is 9.59 Å². The van der Waals surface area contributed by atoms with Gasteiger partial charge in [0.05, 0.1) is 12.0 Å². The van der Waals surface area contributed by atoms with E-state index in [1.54, 1.807) is 4.90 Å². The van der Waals surface area contributed by atoms with Crippen molar-refractivity contribution in [3.8, 4) is 0 Å². The summed E-state index contributed by atoms with van der Waals surface area (Å²) in [6.07, 6.45) is 0.996. The summed E-state index contributed by atoms with van der Waals surface area (Å²) in [5, 5.41) is 12.2. The zero-order valence-electron chi connectivity index (χ0n) is 13.3. The zero-order chi connectivity index (χ0) is 15.8. The maximum atomic E-state index is 12.3. The van der Waals surface area contributed by atoms with Crippen LogP contribution in [0.1, 0.15) is 34.1 Å². The van der Waals surface area contributed by atoms with E-state index in [-0.39, 0.29) is 29.5 Å². The fourth-order valence-electron chi connectivity index (χ4n) is 3.31. The molecule has 2 fully saturated rings. The maximum absolute atomic E-state index is 12.3. The quantitative estimate of drug-likeness (QED) is 0.825. The zero-order valence-corrected chi connectivity index (χ0v) is 13.3. The molecule has 1 aliphatic carbocycles. The molecule has 120 valence electrons. The van der Waals surface area contributed by atoms with Gasteiger partial charge in [0.15, 0.2) is 0 Å². The second-order valence-corrected chi connectivity index (χ2v) is 6.83. The molecule has 6 nitrogen and oxygen atoms in total. The molecule has 2 rings (SSSR count). The molecular weight excluding hydrogens is 272 g/mol. The summed E-state index contributed by atoms with van der Waals surface area (Å²) in [6, 6.07) is -0.0700. The smallest absolute Gasteiger partial charge is 0.317 e. The van der Waals surface area contributed by atoms with Crippen LogP contribution in [0.3, 0.4) is 0 Å². The van der Waals surface area contributed by atoms with Gasteiger partial charge in [0.25, 0.3) is 0 Å². The average Bonchev–Trinajstić information content (AvgIpc) is 2.80. The topological polar surface area (TPSA) is 78.9 Å². The van der Waals surface area contributed by atoms with Gasteiger partial charge in [-0.25, -0.2) is 4.79 Å². The molecule has 0 aromatic carbocycles. The van der Waals surface area contributed by atoms with Crippen LogP contribution in [-0.2, 0) is 9.53 Å². The lowest BCUT2D eigenvalue weighted by molar-refractivity contribution is -0.142. The lowest BCUT2D eigenvalue weighted by atomic mass is 9.64. The highest BCUT2D eigenvalue weighted by atomic mass is 16.5. The summed E-state index contributed by atoms with van der Waals surface area (Å²) in [7, 11) is 0. The van der Waals surface area contributed by atoms with Crippen molar-refractivity contribution in [1.29, 1.82) is 0 Å². The Hall–Kier alpha value is -1.30. The van der Waals surface area contributed by atoms with E-state index in [1.807, 2.05) is 13.8 Å². The van der Waals surface area contributed by atoms with E-state index in [0.29, 0.717) is 19.7 Å². The number of carboxylic acid groups (broad SMARTS) is 1. The molecular formula is C15H26N2O4. The monoisotopic (exact) mass is 298 g/mol. The Labute approximate surface area is 125 Å². The fourth-order valence-corrected chi connectivity index (χ4v) is 3.31. The number of hydrogen-bond acceptors (Lipinski definition) is 3. The third-order valence-corrected chi connectivity index (χ3v) is 5.06. The first kappa shape index (κ1) is 16.1. The minimum absolute atomic E-state index is 0.00109. The number of carboxylic acids is 1. The molecule has 2 amide bonds. The van der Waals surface area contributed by atoms with Gasteiger partial charge in [-0.1, -0.05) is 20.8 Å². The molecule has 0 bridgehead atoms. The van der Waals surface area contributed by atoms with Gasteiger partial charge in [-0.05, 0) is 19.3 Å². The molecule has 1 heterocycles. The van der Waals surface area contributed by atoms with Crippen LogP contribution < -0.4 is 5.32 Å². The van der Waals surface area contributed by atoms with Crippen molar-refractivity contribution in [2.45, 2.75) is 46.3 Å². The highest BCUT2D eigenvalue weighted by molar-refractivity contribution is 5.78. The van der Waals surface area contributed by atoms with Gasteiger partial charge in [-0.2, -0.15) is 0 Å². The lowest BCUT2D eigenvalue weighted by Crippen LogP contribution is -2.63. The third kappa shape index (κ3) is 3.00. The van der Waals surface area contributed by atoms with Gasteiger partial charge in [0.2, 0.25) is 0 Å². The van der Waals surface area contributed by atoms with Crippen molar-refractivity contribution in [3.05, 3.63) is 0 Å². The standard InChI is InChI=1S/C15H26N2O4/c1-5-21-12-6-11(15(12,3)4)16-14(20)17-7-9(2)10(8-17)13(18)19/h9-12H,5-8H2,1-4H3,(H,16,20)(H,18,19). The van der Waals surface area contributed by atoms with E-state index < -0.39 is 11.9 Å². The number of carbonyl (C=O) groups is 2. The van der Waals surface area contributed by atoms with E-state index in [4.69, 9.17) is 9.84 Å². The number of ether oxygens (including phenoxy) is 1. The number of urea groups is 1. The maximum Gasteiger partial charge on any atom is 0.317 e. The Morgan fingerprint density at radius 2 is 2.05 bits per heavy atom. The summed E-state index contributed by atoms with van der Waals surface area (Å²) in [4.78, 5) is 25.0. The molecule has 0 spiro atoms. The third-order valence-electron chi connectivity index (χ3n) is 5.06. The molecule has 21 heavy (non-hydrogen) atoms.